The van der Waals surface area contributed by atoms with Gasteiger partial charge in [-0.3, -0.25) is 0 Å². The third kappa shape index (κ3) is 3.98. The van der Waals surface area contributed by atoms with Crippen LogP contribution in [-0.4, -0.2) is 6.54 Å². The molecule has 106 valence electrons. The highest BCUT2D eigenvalue weighted by atomic mass is 79.9. The summed E-state index contributed by atoms with van der Waals surface area (Å²) in [6, 6.07) is 11.7. The smallest absolute Gasteiger partial charge is 0.132 e. The Bertz CT molecular complexity index is 601. The van der Waals surface area contributed by atoms with Crippen molar-refractivity contribution in [3.05, 3.63) is 57.0 Å². The van der Waals surface area contributed by atoms with Crippen molar-refractivity contribution in [1.82, 2.24) is 5.32 Å². The molecular weight excluding hydrogens is 338 g/mol. The monoisotopic (exact) mass is 353 g/mol. The molecule has 0 fully saturated rings. The van der Waals surface area contributed by atoms with Gasteiger partial charge in [0.2, 0.25) is 0 Å². The molecule has 0 aromatic heterocycles. The normalized spacial score (nSPS) is 10.6. The van der Waals surface area contributed by atoms with Crippen LogP contribution in [0, 0.1) is 6.92 Å². The van der Waals surface area contributed by atoms with E-state index in [-0.39, 0.29) is 0 Å². The van der Waals surface area contributed by atoms with Crippen LogP contribution in [0.2, 0.25) is 5.02 Å². The minimum Gasteiger partial charge on any atom is -0.457 e. The van der Waals surface area contributed by atoms with Crippen LogP contribution in [0.5, 0.6) is 11.5 Å². The Morgan fingerprint density at radius 1 is 1.15 bits per heavy atom. The van der Waals surface area contributed by atoms with Crippen LogP contribution in [0.25, 0.3) is 0 Å². The largest absolute Gasteiger partial charge is 0.457 e. The van der Waals surface area contributed by atoms with Crippen molar-refractivity contribution >= 4 is 27.5 Å². The van der Waals surface area contributed by atoms with E-state index in [4.69, 9.17) is 16.3 Å². The second kappa shape index (κ2) is 7.11. The van der Waals surface area contributed by atoms with Gasteiger partial charge < -0.3 is 10.1 Å². The lowest BCUT2D eigenvalue weighted by molar-refractivity contribution is 0.469. The highest BCUT2D eigenvalue weighted by Gasteiger charge is 2.08. The Kier molecular flexibility index (Phi) is 5.46. The molecule has 0 heterocycles. The van der Waals surface area contributed by atoms with Crippen molar-refractivity contribution in [2.24, 2.45) is 0 Å². The van der Waals surface area contributed by atoms with Crippen LogP contribution < -0.4 is 10.1 Å². The number of nitrogens with one attached hydrogen (secondary N) is 1. The standard InChI is InChI=1S/C16H17BrClNO/c1-3-19-10-12-8-13(17)5-7-15(12)20-16-9-14(18)6-4-11(16)2/h4-9,19H,3,10H2,1-2H3. The first-order valence-corrected chi connectivity index (χ1v) is 7.70. The maximum absolute atomic E-state index is 6.03. The molecule has 0 aliphatic heterocycles. The SMILES string of the molecule is CCNCc1cc(Br)ccc1Oc1cc(Cl)ccc1C. The maximum Gasteiger partial charge on any atom is 0.132 e. The fourth-order valence-corrected chi connectivity index (χ4v) is 2.42. The van der Waals surface area contributed by atoms with Crippen molar-refractivity contribution in [1.29, 1.82) is 0 Å². The molecule has 2 aromatic carbocycles. The van der Waals surface area contributed by atoms with Crippen molar-refractivity contribution in [2.45, 2.75) is 20.4 Å². The Labute approximate surface area is 133 Å². The van der Waals surface area contributed by atoms with Gasteiger partial charge in [0.25, 0.3) is 0 Å². The number of hydrogen-bond donors (Lipinski definition) is 1. The minimum absolute atomic E-state index is 0.677. The molecule has 0 aliphatic carbocycles. The van der Waals surface area contributed by atoms with Gasteiger partial charge >= 0.3 is 0 Å². The molecular formula is C16H17BrClNO. The first-order valence-electron chi connectivity index (χ1n) is 6.53. The zero-order chi connectivity index (χ0) is 14.5. The molecule has 0 aliphatic rings. The summed E-state index contributed by atoms with van der Waals surface area (Å²) in [5, 5.41) is 3.99. The third-order valence-electron chi connectivity index (χ3n) is 2.96. The van der Waals surface area contributed by atoms with E-state index < -0.39 is 0 Å². The highest BCUT2D eigenvalue weighted by Crippen LogP contribution is 2.31. The fraction of sp³-hybridized carbons (Fsp3) is 0.250. The van der Waals surface area contributed by atoms with Crippen molar-refractivity contribution in [3.63, 3.8) is 0 Å². The second-order valence-corrected chi connectivity index (χ2v) is 5.90. The van der Waals surface area contributed by atoms with Crippen molar-refractivity contribution in [2.75, 3.05) is 6.54 Å². The molecule has 0 saturated heterocycles. The summed E-state index contributed by atoms with van der Waals surface area (Å²) in [5.41, 5.74) is 2.17. The Morgan fingerprint density at radius 3 is 2.70 bits per heavy atom. The highest BCUT2D eigenvalue weighted by molar-refractivity contribution is 9.10. The van der Waals surface area contributed by atoms with Gasteiger partial charge in [-0.2, -0.15) is 0 Å². The molecule has 0 saturated carbocycles. The second-order valence-electron chi connectivity index (χ2n) is 4.54. The number of rotatable bonds is 5. The van der Waals surface area contributed by atoms with Gasteiger partial charge in [-0.15, -0.1) is 0 Å². The Balaban J connectivity index is 2.30. The van der Waals surface area contributed by atoms with Crippen LogP contribution in [0.15, 0.2) is 40.9 Å². The van der Waals surface area contributed by atoms with E-state index in [0.29, 0.717) is 5.02 Å². The molecule has 1 N–H and O–H groups in total. The van der Waals surface area contributed by atoms with Gasteiger partial charge in [-0.1, -0.05) is 40.5 Å². The summed E-state index contributed by atoms with van der Waals surface area (Å²) in [6.07, 6.45) is 0. The number of halogens is 2. The van der Waals surface area contributed by atoms with Gasteiger partial charge in [-0.25, -0.2) is 0 Å². The number of ether oxygens (including phenoxy) is 1. The van der Waals surface area contributed by atoms with Crippen LogP contribution in [0.4, 0.5) is 0 Å². The van der Waals surface area contributed by atoms with E-state index >= 15 is 0 Å². The lowest BCUT2D eigenvalue weighted by Crippen LogP contribution is -2.12. The third-order valence-corrected chi connectivity index (χ3v) is 3.69. The summed E-state index contributed by atoms with van der Waals surface area (Å²) in [5.74, 6) is 1.64. The van der Waals surface area contributed by atoms with E-state index in [0.717, 1.165) is 40.2 Å². The first-order chi connectivity index (χ1) is 9.60. The quantitative estimate of drug-likeness (QED) is 0.785. The van der Waals surface area contributed by atoms with Crippen LogP contribution in [-0.2, 0) is 6.54 Å². The lowest BCUT2D eigenvalue weighted by atomic mass is 10.2. The summed E-state index contributed by atoms with van der Waals surface area (Å²) in [4.78, 5) is 0. The van der Waals surface area contributed by atoms with Crippen LogP contribution >= 0.6 is 27.5 Å². The molecule has 4 heteroatoms. The number of benzene rings is 2. The maximum atomic E-state index is 6.03. The molecule has 20 heavy (non-hydrogen) atoms. The zero-order valence-electron chi connectivity index (χ0n) is 11.5. The van der Waals surface area contributed by atoms with Crippen molar-refractivity contribution in [3.8, 4) is 11.5 Å². The predicted molar refractivity (Wildman–Crippen MR) is 87.8 cm³/mol. The summed E-state index contributed by atoms with van der Waals surface area (Å²) in [7, 11) is 0. The van der Waals surface area contributed by atoms with Gasteiger partial charge in [0.1, 0.15) is 11.5 Å². The summed E-state index contributed by atoms with van der Waals surface area (Å²) < 4.78 is 7.07. The van der Waals surface area contributed by atoms with E-state index in [1.807, 2.05) is 37.3 Å². The molecule has 0 radical (unpaired) electrons. The Hall–Kier alpha value is -1.03. The van der Waals surface area contributed by atoms with E-state index in [1.165, 1.54) is 0 Å². The van der Waals surface area contributed by atoms with Crippen molar-refractivity contribution < 1.29 is 4.74 Å². The van der Waals surface area contributed by atoms with Crippen LogP contribution in [0.3, 0.4) is 0 Å². The molecule has 2 aromatic rings. The minimum atomic E-state index is 0.677. The summed E-state index contributed by atoms with van der Waals surface area (Å²) >= 11 is 9.53. The molecule has 0 bridgehead atoms. The lowest BCUT2D eigenvalue weighted by Gasteiger charge is -2.14. The van der Waals surface area contributed by atoms with Gasteiger partial charge in [0.05, 0.1) is 0 Å². The Morgan fingerprint density at radius 2 is 1.95 bits per heavy atom. The van der Waals surface area contributed by atoms with Gasteiger partial charge in [0.15, 0.2) is 0 Å². The van der Waals surface area contributed by atoms with E-state index in [9.17, 15) is 0 Å². The molecule has 2 rings (SSSR count). The molecule has 2 nitrogen and oxygen atoms in total. The van der Waals surface area contributed by atoms with Gasteiger partial charge in [-0.05, 0) is 49.4 Å². The topological polar surface area (TPSA) is 21.3 Å². The van der Waals surface area contributed by atoms with Crippen LogP contribution in [0.1, 0.15) is 18.1 Å². The number of hydrogen-bond acceptors (Lipinski definition) is 2. The van der Waals surface area contributed by atoms with Gasteiger partial charge in [0, 0.05) is 21.6 Å². The first kappa shape index (κ1) is 15.4. The summed E-state index contributed by atoms with van der Waals surface area (Å²) in [6.45, 7) is 5.78. The predicted octanol–water partition coefficient (Wildman–Crippen LogP) is 5.31. The molecule has 0 spiro atoms. The average Bonchev–Trinajstić information content (AvgIpc) is 2.43. The molecule has 0 atom stereocenters. The van der Waals surface area contributed by atoms with E-state index in [2.05, 4.69) is 34.2 Å². The molecule has 0 amide bonds. The number of aryl methyl sites for hydroxylation is 1. The molecule has 0 unspecified atom stereocenters. The van der Waals surface area contributed by atoms with E-state index in [1.54, 1.807) is 0 Å². The average molecular weight is 355 g/mol. The zero-order valence-corrected chi connectivity index (χ0v) is 13.9. The fourth-order valence-electron chi connectivity index (χ4n) is 1.85.